The Morgan fingerprint density at radius 2 is 2.28 bits per heavy atom. The van der Waals surface area contributed by atoms with Gasteiger partial charge in [0.2, 0.25) is 5.91 Å². The van der Waals surface area contributed by atoms with Crippen molar-refractivity contribution >= 4 is 11.6 Å². The number of anilines is 1. The molecule has 5 heteroatoms. The van der Waals surface area contributed by atoms with Crippen LogP contribution in [0.1, 0.15) is 18.1 Å². The van der Waals surface area contributed by atoms with Crippen LogP contribution in [0.4, 0.5) is 5.69 Å². The molecule has 0 bridgehead atoms. The molecule has 0 aliphatic carbocycles. The second-order valence-electron chi connectivity index (χ2n) is 4.59. The van der Waals surface area contributed by atoms with Gasteiger partial charge in [0.1, 0.15) is 0 Å². The standard InChI is InChI=1S/C13H19N3O2/c14-11-3-1-2-10(8-11)12(17)9-16-6-4-13(18)15-5-7-16/h1-3,8,12,17H,4-7,9,14H2,(H,15,18). The number of amides is 1. The van der Waals surface area contributed by atoms with Crippen LogP contribution in [0.3, 0.4) is 0 Å². The van der Waals surface area contributed by atoms with E-state index in [4.69, 9.17) is 5.73 Å². The third-order valence-electron chi connectivity index (χ3n) is 3.13. The number of nitrogens with one attached hydrogen (secondary N) is 1. The molecule has 1 amide bonds. The van der Waals surface area contributed by atoms with Crippen LogP contribution in [0.5, 0.6) is 0 Å². The number of aliphatic hydroxyl groups excluding tert-OH is 1. The van der Waals surface area contributed by atoms with E-state index < -0.39 is 6.10 Å². The number of nitrogen functional groups attached to an aromatic ring is 1. The Bertz CT molecular complexity index is 422. The molecular formula is C13H19N3O2. The third kappa shape index (κ3) is 3.45. The number of aliphatic hydroxyl groups is 1. The SMILES string of the molecule is Nc1cccc(C(O)CN2CCNC(=O)CC2)c1. The summed E-state index contributed by atoms with van der Waals surface area (Å²) in [4.78, 5) is 13.3. The van der Waals surface area contributed by atoms with E-state index in [9.17, 15) is 9.90 Å². The van der Waals surface area contributed by atoms with E-state index in [1.807, 2.05) is 12.1 Å². The molecule has 0 saturated carbocycles. The average Bonchev–Trinajstić information content (AvgIpc) is 2.54. The van der Waals surface area contributed by atoms with Crippen molar-refractivity contribution in [2.75, 3.05) is 31.9 Å². The highest BCUT2D eigenvalue weighted by Gasteiger charge is 2.17. The van der Waals surface area contributed by atoms with Gasteiger partial charge in [-0.3, -0.25) is 9.69 Å². The summed E-state index contributed by atoms with van der Waals surface area (Å²) >= 11 is 0. The van der Waals surface area contributed by atoms with Crippen LogP contribution < -0.4 is 11.1 Å². The maximum Gasteiger partial charge on any atom is 0.221 e. The molecule has 0 spiro atoms. The predicted octanol–water partition coefficient (Wildman–Crippen LogP) is 0.124. The molecule has 5 nitrogen and oxygen atoms in total. The van der Waals surface area contributed by atoms with Crippen molar-refractivity contribution in [3.63, 3.8) is 0 Å². The Labute approximate surface area is 107 Å². The maximum absolute atomic E-state index is 11.2. The molecule has 0 aromatic heterocycles. The topological polar surface area (TPSA) is 78.6 Å². The number of carbonyl (C=O) groups is 1. The van der Waals surface area contributed by atoms with E-state index in [2.05, 4.69) is 10.2 Å². The van der Waals surface area contributed by atoms with Crippen molar-refractivity contribution in [1.29, 1.82) is 0 Å². The summed E-state index contributed by atoms with van der Waals surface area (Å²) < 4.78 is 0. The molecule has 98 valence electrons. The van der Waals surface area contributed by atoms with Crippen LogP contribution in [0.25, 0.3) is 0 Å². The van der Waals surface area contributed by atoms with Crippen LogP contribution in [-0.4, -0.2) is 42.1 Å². The van der Waals surface area contributed by atoms with Crippen LogP contribution in [0.15, 0.2) is 24.3 Å². The fraction of sp³-hybridized carbons (Fsp3) is 0.462. The van der Waals surface area contributed by atoms with E-state index in [0.29, 0.717) is 31.7 Å². The molecule has 1 fully saturated rings. The first-order valence-corrected chi connectivity index (χ1v) is 6.18. The fourth-order valence-electron chi connectivity index (χ4n) is 2.11. The number of hydrogen-bond acceptors (Lipinski definition) is 4. The summed E-state index contributed by atoms with van der Waals surface area (Å²) in [7, 11) is 0. The number of β-amino-alcohol motifs (C(OH)–C–C–N with tert-alkyl or cyclic N) is 1. The van der Waals surface area contributed by atoms with Crippen molar-refractivity contribution in [2.45, 2.75) is 12.5 Å². The van der Waals surface area contributed by atoms with Gasteiger partial charge < -0.3 is 16.2 Å². The monoisotopic (exact) mass is 249 g/mol. The van der Waals surface area contributed by atoms with E-state index in [1.54, 1.807) is 12.1 Å². The van der Waals surface area contributed by atoms with Gasteiger partial charge >= 0.3 is 0 Å². The second kappa shape index (κ2) is 5.84. The summed E-state index contributed by atoms with van der Waals surface area (Å²) in [6.07, 6.45) is -0.0781. The molecule has 0 radical (unpaired) electrons. The molecular weight excluding hydrogens is 230 g/mol. The van der Waals surface area contributed by atoms with Gasteiger partial charge in [0.25, 0.3) is 0 Å². The molecule has 1 aromatic rings. The molecule has 1 aromatic carbocycles. The first-order chi connectivity index (χ1) is 8.65. The molecule has 1 aliphatic rings. The smallest absolute Gasteiger partial charge is 0.221 e. The highest BCUT2D eigenvalue weighted by atomic mass is 16.3. The van der Waals surface area contributed by atoms with E-state index in [-0.39, 0.29) is 5.91 Å². The first-order valence-electron chi connectivity index (χ1n) is 6.18. The number of carbonyl (C=O) groups excluding carboxylic acids is 1. The number of hydrogen-bond donors (Lipinski definition) is 3. The molecule has 4 N–H and O–H groups in total. The van der Waals surface area contributed by atoms with Gasteiger partial charge in [0.05, 0.1) is 6.10 Å². The number of benzene rings is 1. The highest BCUT2D eigenvalue weighted by Crippen LogP contribution is 2.17. The summed E-state index contributed by atoms with van der Waals surface area (Å²) in [5.74, 6) is 0.0796. The van der Waals surface area contributed by atoms with Gasteiger partial charge in [-0.15, -0.1) is 0 Å². The summed E-state index contributed by atoms with van der Waals surface area (Å²) in [5.41, 5.74) is 7.16. The van der Waals surface area contributed by atoms with Gasteiger partial charge in [-0.25, -0.2) is 0 Å². The number of rotatable bonds is 3. The van der Waals surface area contributed by atoms with Crippen molar-refractivity contribution in [3.05, 3.63) is 29.8 Å². The van der Waals surface area contributed by atoms with Crippen LogP contribution >= 0.6 is 0 Å². The van der Waals surface area contributed by atoms with Crippen LogP contribution in [0.2, 0.25) is 0 Å². The Morgan fingerprint density at radius 1 is 1.44 bits per heavy atom. The molecule has 18 heavy (non-hydrogen) atoms. The quantitative estimate of drug-likeness (QED) is 0.665. The van der Waals surface area contributed by atoms with Gasteiger partial charge in [-0.1, -0.05) is 12.1 Å². The Kier molecular flexibility index (Phi) is 4.17. The number of nitrogens with zero attached hydrogens (tertiary/aromatic N) is 1. The largest absolute Gasteiger partial charge is 0.399 e. The zero-order valence-corrected chi connectivity index (χ0v) is 10.3. The lowest BCUT2D eigenvalue weighted by molar-refractivity contribution is -0.120. The third-order valence-corrected chi connectivity index (χ3v) is 3.13. The van der Waals surface area contributed by atoms with Gasteiger partial charge in [-0.2, -0.15) is 0 Å². The Morgan fingerprint density at radius 3 is 3.06 bits per heavy atom. The minimum Gasteiger partial charge on any atom is -0.399 e. The number of nitrogens with two attached hydrogens (primary N) is 1. The van der Waals surface area contributed by atoms with E-state index in [0.717, 1.165) is 12.1 Å². The van der Waals surface area contributed by atoms with Crippen molar-refractivity contribution < 1.29 is 9.90 Å². The van der Waals surface area contributed by atoms with Crippen LogP contribution in [0, 0.1) is 0 Å². The lowest BCUT2D eigenvalue weighted by Crippen LogP contribution is -2.32. The van der Waals surface area contributed by atoms with Crippen molar-refractivity contribution in [3.8, 4) is 0 Å². The average molecular weight is 249 g/mol. The Balaban J connectivity index is 1.94. The molecule has 1 unspecified atom stereocenters. The second-order valence-corrected chi connectivity index (χ2v) is 4.59. The molecule has 1 heterocycles. The lowest BCUT2D eigenvalue weighted by atomic mass is 10.1. The molecule has 2 rings (SSSR count). The normalized spacial score (nSPS) is 19.1. The first kappa shape index (κ1) is 12.9. The minimum atomic E-state index is -0.568. The minimum absolute atomic E-state index is 0.0796. The van der Waals surface area contributed by atoms with Crippen LogP contribution in [-0.2, 0) is 4.79 Å². The summed E-state index contributed by atoms with van der Waals surface area (Å²) in [6.45, 7) is 2.62. The Hall–Kier alpha value is -1.59. The zero-order chi connectivity index (χ0) is 13.0. The zero-order valence-electron chi connectivity index (χ0n) is 10.3. The van der Waals surface area contributed by atoms with E-state index in [1.165, 1.54) is 0 Å². The lowest BCUT2D eigenvalue weighted by Gasteiger charge is -2.22. The van der Waals surface area contributed by atoms with E-state index >= 15 is 0 Å². The van der Waals surface area contributed by atoms with Crippen molar-refractivity contribution in [2.24, 2.45) is 0 Å². The molecule has 1 atom stereocenters. The highest BCUT2D eigenvalue weighted by molar-refractivity contribution is 5.76. The summed E-state index contributed by atoms with van der Waals surface area (Å²) in [6, 6.07) is 7.28. The van der Waals surface area contributed by atoms with Gasteiger partial charge in [-0.05, 0) is 17.7 Å². The fourth-order valence-corrected chi connectivity index (χ4v) is 2.11. The molecule has 1 saturated heterocycles. The van der Waals surface area contributed by atoms with Gasteiger partial charge in [0.15, 0.2) is 0 Å². The van der Waals surface area contributed by atoms with Crippen molar-refractivity contribution in [1.82, 2.24) is 10.2 Å². The maximum atomic E-state index is 11.2. The predicted molar refractivity (Wildman–Crippen MR) is 69.9 cm³/mol. The van der Waals surface area contributed by atoms with Gasteiger partial charge in [0, 0.05) is 38.3 Å². The molecule has 1 aliphatic heterocycles. The summed E-state index contributed by atoms with van der Waals surface area (Å²) in [5, 5.41) is 13.0.